The number of nitrogens with two attached hydrogens (primary N) is 1. The van der Waals surface area contributed by atoms with Crippen LogP contribution in [0, 0.1) is 20.8 Å². The molecule has 0 spiro atoms. The zero-order valence-electron chi connectivity index (χ0n) is 12.5. The van der Waals surface area contributed by atoms with Crippen molar-refractivity contribution in [3.63, 3.8) is 0 Å². The van der Waals surface area contributed by atoms with Crippen molar-refractivity contribution >= 4 is 23.2 Å². The molecule has 1 amide bonds. The van der Waals surface area contributed by atoms with Crippen LogP contribution in [0.15, 0.2) is 30.3 Å². The van der Waals surface area contributed by atoms with Crippen molar-refractivity contribution in [1.29, 1.82) is 0 Å². The van der Waals surface area contributed by atoms with Gasteiger partial charge >= 0.3 is 0 Å². The Labute approximate surface area is 130 Å². The minimum Gasteiger partial charge on any atom is -0.380 e. The highest BCUT2D eigenvalue weighted by Crippen LogP contribution is 2.25. The molecule has 3 nitrogen and oxygen atoms in total. The monoisotopic (exact) mass is 302 g/mol. The van der Waals surface area contributed by atoms with Crippen LogP contribution in [0.4, 0.5) is 5.69 Å². The summed E-state index contributed by atoms with van der Waals surface area (Å²) in [4.78, 5) is 11.2. The maximum absolute atomic E-state index is 11.2. The number of anilines is 1. The molecule has 0 bridgehead atoms. The van der Waals surface area contributed by atoms with Crippen LogP contribution in [0.3, 0.4) is 0 Å². The number of hydrogen-bond acceptors (Lipinski definition) is 2. The van der Waals surface area contributed by atoms with E-state index in [0.717, 1.165) is 0 Å². The first-order valence-corrected chi connectivity index (χ1v) is 7.16. The lowest BCUT2D eigenvalue weighted by molar-refractivity contribution is 0.100. The highest BCUT2D eigenvalue weighted by atomic mass is 35.5. The summed E-state index contributed by atoms with van der Waals surface area (Å²) in [6.07, 6.45) is 0. The van der Waals surface area contributed by atoms with E-state index in [2.05, 4.69) is 38.2 Å². The molecule has 0 radical (unpaired) electrons. The molecule has 0 saturated heterocycles. The van der Waals surface area contributed by atoms with E-state index >= 15 is 0 Å². The second-order valence-corrected chi connectivity index (χ2v) is 5.70. The van der Waals surface area contributed by atoms with Gasteiger partial charge in [-0.25, -0.2) is 0 Å². The molecule has 0 aliphatic rings. The van der Waals surface area contributed by atoms with Crippen LogP contribution in [0.1, 0.15) is 32.6 Å². The maximum atomic E-state index is 11.2. The van der Waals surface area contributed by atoms with Crippen LogP contribution in [-0.2, 0) is 6.54 Å². The first-order valence-electron chi connectivity index (χ1n) is 6.78. The molecule has 3 N–H and O–H groups in total. The van der Waals surface area contributed by atoms with Crippen molar-refractivity contribution in [2.45, 2.75) is 27.3 Å². The summed E-state index contributed by atoms with van der Waals surface area (Å²) in [6.45, 7) is 6.93. The lowest BCUT2D eigenvalue weighted by Crippen LogP contribution is -2.11. The van der Waals surface area contributed by atoms with Gasteiger partial charge < -0.3 is 11.1 Å². The Kier molecular flexibility index (Phi) is 4.53. The number of rotatable bonds is 4. The van der Waals surface area contributed by atoms with E-state index in [1.807, 2.05) is 0 Å². The van der Waals surface area contributed by atoms with Crippen molar-refractivity contribution in [3.05, 3.63) is 63.2 Å². The van der Waals surface area contributed by atoms with Gasteiger partial charge in [-0.15, -0.1) is 0 Å². The molecular weight excluding hydrogens is 284 g/mol. The van der Waals surface area contributed by atoms with Crippen LogP contribution < -0.4 is 11.1 Å². The van der Waals surface area contributed by atoms with E-state index in [-0.39, 0.29) is 0 Å². The van der Waals surface area contributed by atoms with E-state index in [0.29, 0.717) is 22.8 Å². The summed E-state index contributed by atoms with van der Waals surface area (Å²) in [6, 6.07) is 9.30. The fraction of sp³-hybridized carbons (Fsp3) is 0.235. The Morgan fingerprint density at radius 2 is 1.76 bits per heavy atom. The SMILES string of the molecule is Cc1cc(C)c(CNc2cc(C(N)=O)ccc2Cl)c(C)c1. The van der Waals surface area contributed by atoms with Crippen LogP contribution in [-0.4, -0.2) is 5.91 Å². The lowest BCUT2D eigenvalue weighted by atomic mass is 10.00. The molecule has 0 atom stereocenters. The summed E-state index contributed by atoms with van der Waals surface area (Å²) >= 11 is 6.16. The van der Waals surface area contributed by atoms with Gasteiger partial charge in [-0.05, 0) is 55.7 Å². The second-order valence-electron chi connectivity index (χ2n) is 5.29. The largest absolute Gasteiger partial charge is 0.380 e. The summed E-state index contributed by atoms with van der Waals surface area (Å²) in [5, 5.41) is 3.86. The smallest absolute Gasteiger partial charge is 0.248 e. The zero-order chi connectivity index (χ0) is 15.6. The van der Waals surface area contributed by atoms with Crippen LogP contribution in [0.25, 0.3) is 0 Å². The summed E-state index contributed by atoms with van der Waals surface area (Å²) in [5.41, 5.74) is 11.4. The second kappa shape index (κ2) is 6.19. The quantitative estimate of drug-likeness (QED) is 0.897. The molecule has 0 fully saturated rings. The predicted octanol–water partition coefficient (Wildman–Crippen LogP) is 3.98. The molecule has 0 aliphatic carbocycles. The molecule has 0 heterocycles. The fourth-order valence-electron chi connectivity index (χ4n) is 2.49. The number of carbonyl (C=O) groups is 1. The van der Waals surface area contributed by atoms with E-state index in [4.69, 9.17) is 17.3 Å². The molecule has 0 aromatic heterocycles. The molecule has 4 heteroatoms. The van der Waals surface area contributed by atoms with Crippen molar-refractivity contribution in [3.8, 4) is 0 Å². The summed E-state index contributed by atoms with van der Waals surface area (Å²) in [7, 11) is 0. The van der Waals surface area contributed by atoms with E-state index in [9.17, 15) is 4.79 Å². The number of nitrogens with one attached hydrogen (secondary N) is 1. The molecule has 2 aromatic carbocycles. The number of hydrogen-bond donors (Lipinski definition) is 2. The number of benzene rings is 2. The normalized spacial score (nSPS) is 10.5. The van der Waals surface area contributed by atoms with Gasteiger partial charge in [0.2, 0.25) is 5.91 Å². The van der Waals surface area contributed by atoms with E-state index < -0.39 is 5.91 Å². The highest BCUT2D eigenvalue weighted by Gasteiger charge is 2.08. The van der Waals surface area contributed by atoms with Crippen LogP contribution in [0.5, 0.6) is 0 Å². The molecule has 2 aromatic rings. The van der Waals surface area contributed by atoms with Gasteiger partial charge in [0.1, 0.15) is 0 Å². The highest BCUT2D eigenvalue weighted by molar-refractivity contribution is 6.33. The molecule has 21 heavy (non-hydrogen) atoms. The predicted molar refractivity (Wildman–Crippen MR) is 87.9 cm³/mol. The Bertz CT molecular complexity index is 672. The number of primary amides is 1. The summed E-state index contributed by atoms with van der Waals surface area (Å²) in [5.74, 6) is -0.461. The number of halogens is 1. The minimum absolute atomic E-state index is 0.444. The van der Waals surface area contributed by atoms with Gasteiger partial charge in [0, 0.05) is 12.1 Å². The third-order valence-corrected chi connectivity index (χ3v) is 3.88. The molecule has 2 rings (SSSR count). The Balaban J connectivity index is 2.24. The lowest BCUT2D eigenvalue weighted by Gasteiger charge is -2.14. The molecule has 0 aliphatic heterocycles. The first-order chi connectivity index (χ1) is 9.88. The van der Waals surface area contributed by atoms with Gasteiger partial charge in [-0.3, -0.25) is 4.79 Å². The molecule has 0 saturated carbocycles. The average molecular weight is 303 g/mol. The van der Waals surface area contributed by atoms with E-state index in [1.54, 1.807) is 18.2 Å². The minimum atomic E-state index is -0.461. The van der Waals surface area contributed by atoms with Crippen molar-refractivity contribution in [1.82, 2.24) is 0 Å². The molecule has 0 unspecified atom stereocenters. The van der Waals surface area contributed by atoms with E-state index in [1.165, 1.54) is 22.3 Å². The Morgan fingerprint density at radius 3 is 2.33 bits per heavy atom. The van der Waals surface area contributed by atoms with Crippen molar-refractivity contribution in [2.24, 2.45) is 5.73 Å². The standard InChI is InChI=1S/C17H19ClN2O/c1-10-6-11(2)14(12(3)7-10)9-20-16-8-13(17(19)21)4-5-15(16)18/h4-8,20H,9H2,1-3H3,(H2,19,21). The Hall–Kier alpha value is -2.00. The van der Waals surface area contributed by atoms with Gasteiger partial charge in [-0.1, -0.05) is 29.3 Å². The number of aryl methyl sites for hydroxylation is 3. The van der Waals surface area contributed by atoms with Gasteiger partial charge in [-0.2, -0.15) is 0 Å². The first kappa shape index (κ1) is 15.4. The van der Waals surface area contributed by atoms with Crippen LogP contribution >= 0.6 is 11.6 Å². The zero-order valence-corrected chi connectivity index (χ0v) is 13.2. The van der Waals surface area contributed by atoms with Crippen molar-refractivity contribution < 1.29 is 4.79 Å². The van der Waals surface area contributed by atoms with Gasteiger partial charge in [0.05, 0.1) is 10.7 Å². The molecular formula is C17H19ClN2O. The third kappa shape index (κ3) is 3.56. The van der Waals surface area contributed by atoms with Crippen LogP contribution in [0.2, 0.25) is 5.02 Å². The summed E-state index contributed by atoms with van der Waals surface area (Å²) < 4.78 is 0. The fourth-order valence-corrected chi connectivity index (χ4v) is 2.67. The van der Waals surface area contributed by atoms with Gasteiger partial charge in [0.15, 0.2) is 0 Å². The van der Waals surface area contributed by atoms with Gasteiger partial charge in [0.25, 0.3) is 0 Å². The maximum Gasteiger partial charge on any atom is 0.248 e. The topological polar surface area (TPSA) is 55.1 Å². The number of carbonyl (C=O) groups excluding carboxylic acids is 1. The third-order valence-electron chi connectivity index (χ3n) is 3.55. The Morgan fingerprint density at radius 1 is 1.14 bits per heavy atom. The number of amides is 1. The molecule has 110 valence electrons. The average Bonchev–Trinajstić information content (AvgIpc) is 2.39. The van der Waals surface area contributed by atoms with Crippen molar-refractivity contribution in [2.75, 3.05) is 5.32 Å².